The van der Waals surface area contributed by atoms with Crippen molar-refractivity contribution < 1.29 is 9.53 Å². The van der Waals surface area contributed by atoms with Gasteiger partial charge in [0.25, 0.3) is 5.91 Å². The molecule has 172 valence electrons. The first-order valence-electron chi connectivity index (χ1n) is 11.8. The van der Waals surface area contributed by atoms with E-state index in [1.807, 2.05) is 41.0 Å². The van der Waals surface area contributed by atoms with E-state index >= 15 is 0 Å². The molecule has 1 heterocycles. The highest BCUT2D eigenvalue weighted by atomic mass is 16.5. The highest BCUT2D eigenvalue weighted by Crippen LogP contribution is 2.26. The highest BCUT2D eigenvalue weighted by molar-refractivity contribution is 5.93. The van der Waals surface area contributed by atoms with Gasteiger partial charge < -0.3 is 10.1 Å². The summed E-state index contributed by atoms with van der Waals surface area (Å²) in [5.41, 5.74) is 6.17. The van der Waals surface area contributed by atoms with Gasteiger partial charge in [-0.25, -0.2) is 4.98 Å². The van der Waals surface area contributed by atoms with E-state index in [-0.39, 0.29) is 18.1 Å². The Morgan fingerprint density at radius 1 is 1.00 bits per heavy atom. The molecule has 0 spiro atoms. The van der Waals surface area contributed by atoms with Crippen molar-refractivity contribution in [2.24, 2.45) is 0 Å². The third-order valence-electron chi connectivity index (χ3n) is 6.55. The molecule has 3 aromatic carbocycles. The van der Waals surface area contributed by atoms with Crippen molar-refractivity contribution in [1.82, 2.24) is 14.9 Å². The van der Waals surface area contributed by atoms with Crippen molar-refractivity contribution in [1.29, 1.82) is 0 Å². The lowest BCUT2D eigenvalue weighted by molar-refractivity contribution is 0.0271. The number of hydrogen-bond donors (Lipinski definition) is 1. The molecular formula is C29H29N3O2. The molecule has 0 bridgehead atoms. The Bertz CT molecular complexity index is 1250. The van der Waals surface area contributed by atoms with Gasteiger partial charge >= 0.3 is 0 Å². The fraction of sp³-hybridized carbons (Fsp3) is 0.241. The molecule has 4 aromatic rings. The lowest BCUT2D eigenvalue weighted by Gasteiger charge is -2.22. The van der Waals surface area contributed by atoms with E-state index in [0.717, 1.165) is 36.1 Å². The first kappa shape index (κ1) is 22.1. The molecule has 1 fully saturated rings. The van der Waals surface area contributed by atoms with Crippen LogP contribution in [0.1, 0.15) is 40.9 Å². The summed E-state index contributed by atoms with van der Waals surface area (Å²) in [5.74, 6) is -0.124. The number of nitrogens with one attached hydrogen (secondary N) is 1. The molecule has 1 unspecified atom stereocenters. The van der Waals surface area contributed by atoms with Gasteiger partial charge in [-0.15, -0.1) is 0 Å². The van der Waals surface area contributed by atoms with E-state index in [1.165, 1.54) is 11.1 Å². The summed E-state index contributed by atoms with van der Waals surface area (Å²) in [5, 5.41) is 3.20. The van der Waals surface area contributed by atoms with E-state index in [1.54, 1.807) is 12.5 Å². The summed E-state index contributed by atoms with van der Waals surface area (Å²) in [6, 6.07) is 26.7. The van der Waals surface area contributed by atoms with Crippen molar-refractivity contribution in [3.63, 3.8) is 0 Å². The van der Waals surface area contributed by atoms with Gasteiger partial charge in [-0.05, 0) is 60.6 Å². The van der Waals surface area contributed by atoms with E-state index in [4.69, 9.17) is 4.74 Å². The number of carbonyl (C=O) groups is 1. The molecule has 1 aliphatic carbocycles. The summed E-state index contributed by atoms with van der Waals surface area (Å²) in [4.78, 5) is 17.4. The van der Waals surface area contributed by atoms with Crippen LogP contribution in [-0.2, 0) is 11.3 Å². The number of aromatic nitrogens is 2. The molecule has 0 radical (unpaired) electrons. The lowest BCUT2D eigenvalue weighted by Crippen LogP contribution is -2.41. The van der Waals surface area contributed by atoms with E-state index in [2.05, 4.69) is 59.7 Å². The van der Waals surface area contributed by atoms with Crippen molar-refractivity contribution in [3.05, 3.63) is 108 Å². The molecule has 0 aliphatic heterocycles. The summed E-state index contributed by atoms with van der Waals surface area (Å²) in [6.07, 6.45) is 6.26. The number of aryl methyl sites for hydroxylation is 1. The maximum atomic E-state index is 13.2. The van der Waals surface area contributed by atoms with Crippen molar-refractivity contribution in [2.75, 3.05) is 0 Å². The number of carbonyl (C=O) groups excluding carboxylic acids is 1. The maximum Gasteiger partial charge on any atom is 0.270 e. The predicted octanol–water partition coefficient (Wildman–Crippen LogP) is 5.72. The molecule has 1 saturated carbocycles. The minimum absolute atomic E-state index is 0.00277. The Hall–Kier alpha value is -3.70. The number of ether oxygens (including phenoxy) is 1. The van der Waals surface area contributed by atoms with Crippen molar-refractivity contribution in [3.8, 4) is 16.8 Å². The second-order valence-electron chi connectivity index (χ2n) is 8.86. The summed E-state index contributed by atoms with van der Waals surface area (Å²) in [6.45, 7) is 2.67. The number of hydrogen-bond acceptors (Lipinski definition) is 3. The van der Waals surface area contributed by atoms with Gasteiger partial charge in [0.15, 0.2) is 0 Å². The Balaban J connectivity index is 1.27. The SMILES string of the molecule is Cc1ccccc1-c1ccc(-n2cncc2C(=O)NC2CCC[C@H]2OCc2ccccc2)cc1. The van der Waals surface area contributed by atoms with Crippen LogP contribution in [0.5, 0.6) is 0 Å². The van der Waals surface area contributed by atoms with Crippen LogP contribution in [0.2, 0.25) is 0 Å². The number of benzene rings is 3. The normalized spacial score (nSPS) is 17.6. The molecular weight excluding hydrogens is 422 g/mol. The second-order valence-corrected chi connectivity index (χ2v) is 8.86. The molecule has 1 aliphatic rings. The topological polar surface area (TPSA) is 56.2 Å². The van der Waals surface area contributed by atoms with Crippen molar-refractivity contribution in [2.45, 2.75) is 44.9 Å². The monoisotopic (exact) mass is 451 g/mol. The largest absolute Gasteiger partial charge is 0.371 e. The Morgan fingerprint density at radius 3 is 2.56 bits per heavy atom. The quantitative estimate of drug-likeness (QED) is 0.391. The molecule has 0 saturated heterocycles. The molecule has 5 heteroatoms. The van der Waals surface area contributed by atoms with Crippen LogP contribution < -0.4 is 5.32 Å². The minimum Gasteiger partial charge on any atom is -0.371 e. The standard InChI is InChI=1S/C29H29N3O2/c1-21-8-5-6-11-25(21)23-14-16-24(17-15-23)32-20-30-18-27(32)29(33)31-26-12-7-13-28(26)34-19-22-9-3-2-4-10-22/h2-6,8-11,14-18,20,26,28H,7,12-13,19H2,1H3,(H,31,33)/t26?,28-/m1/s1. The number of imidazole rings is 1. The van der Waals surface area contributed by atoms with Gasteiger partial charge in [-0.1, -0.05) is 66.7 Å². The van der Waals surface area contributed by atoms with Crippen LogP contribution in [0.4, 0.5) is 0 Å². The average Bonchev–Trinajstić information content (AvgIpc) is 3.54. The van der Waals surface area contributed by atoms with Gasteiger partial charge in [0, 0.05) is 5.69 Å². The Labute approximate surface area is 200 Å². The van der Waals surface area contributed by atoms with Crippen LogP contribution in [0.15, 0.2) is 91.4 Å². The van der Waals surface area contributed by atoms with E-state index in [0.29, 0.717) is 12.3 Å². The third-order valence-corrected chi connectivity index (χ3v) is 6.55. The number of amides is 1. The fourth-order valence-electron chi connectivity index (χ4n) is 4.68. The molecule has 1 amide bonds. The van der Waals surface area contributed by atoms with Crippen LogP contribution in [0.3, 0.4) is 0 Å². The fourth-order valence-corrected chi connectivity index (χ4v) is 4.68. The molecule has 34 heavy (non-hydrogen) atoms. The lowest BCUT2D eigenvalue weighted by atomic mass is 10.0. The first-order valence-corrected chi connectivity index (χ1v) is 11.8. The van der Waals surface area contributed by atoms with Gasteiger partial charge in [0.1, 0.15) is 5.69 Å². The number of nitrogens with zero attached hydrogens (tertiary/aromatic N) is 2. The predicted molar refractivity (Wildman–Crippen MR) is 134 cm³/mol. The molecule has 1 aromatic heterocycles. The van der Waals surface area contributed by atoms with Gasteiger partial charge in [0.05, 0.1) is 31.3 Å². The van der Waals surface area contributed by atoms with Gasteiger partial charge in [0.2, 0.25) is 0 Å². The highest BCUT2D eigenvalue weighted by Gasteiger charge is 2.30. The molecule has 1 N–H and O–H groups in total. The average molecular weight is 452 g/mol. The zero-order valence-corrected chi connectivity index (χ0v) is 19.4. The van der Waals surface area contributed by atoms with Gasteiger partial charge in [-0.2, -0.15) is 0 Å². The molecule has 2 atom stereocenters. The van der Waals surface area contributed by atoms with E-state index < -0.39 is 0 Å². The zero-order chi connectivity index (χ0) is 23.3. The van der Waals surface area contributed by atoms with Crippen LogP contribution >= 0.6 is 0 Å². The van der Waals surface area contributed by atoms with Crippen LogP contribution in [0, 0.1) is 6.92 Å². The van der Waals surface area contributed by atoms with Crippen molar-refractivity contribution >= 4 is 5.91 Å². The number of rotatable bonds is 7. The second kappa shape index (κ2) is 10.1. The molecule has 5 rings (SSSR count). The van der Waals surface area contributed by atoms with Crippen LogP contribution in [-0.4, -0.2) is 27.6 Å². The van der Waals surface area contributed by atoms with E-state index in [9.17, 15) is 4.79 Å². The molecule has 5 nitrogen and oxygen atoms in total. The smallest absolute Gasteiger partial charge is 0.270 e. The summed E-state index contributed by atoms with van der Waals surface area (Å²) in [7, 11) is 0. The minimum atomic E-state index is -0.124. The van der Waals surface area contributed by atoms with Crippen LogP contribution in [0.25, 0.3) is 16.8 Å². The summed E-state index contributed by atoms with van der Waals surface area (Å²) < 4.78 is 8.00. The zero-order valence-electron chi connectivity index (χ0n) is 19.4. The summed E-state index contributed by atoms with van der Waals surface area (Å²) >= 11 is 0. The Morgan fingerprint density at radius 2 is 1.76 bits per heavy atom. The first-order chi connectivity index (χ1) is 16.7. The van der Waals surface area contributed by atoms with Gasteiger partial charge in [-0.3, -0.25) is 9.36 Å². The Kier molecular flexibility index (Phi) is 6.54. The third kappa shape index (κ3) is 4.80. The maximum absolute atomic E-state index is 13.2.